The first-order valence-electron chi connectivity index (χ1n) is 9.14. The molecule has 0 aromatic heterocycles. The molecule has 1 saturated heterocycles. The second-order valence-electron chi connectivity index (χ2n) is 7.60. The van der Waals surface area contributed by atoms with Crippen molar-refractivity contribution in [2.45, 2.75) is 26.8 Å². The van der Waals surface area contributed by atoms with Crippen LogP contribution in [0.4, 0.5) is 0 Å². The van der Waals surface area contributed by atoms with Gasteiger partial charge in [0.15, 0.2) is 0 Å². The highest BCUT2D eigenvalue weighted by molar-refractivity contribution is 5.82. The number of nitrogens with zero attached hydrogens (tertiary/aromatic N) is 2. The van der Waals surface area contributed by atoms with E-state index in [1.165, 1.54) is 11.1 Å². The van der Waals surface area contributed by atoms with E-state index in [2.05, 4.69) is 61.2 Å². The van der Waals surface area contributed by atoms with E-state index in [-0.39, 0.29) is 11.3 Å². The summed E-state index contributed by atoms with van der Waals surface area (Å²) < 4.78 is 0. The summed E-state index contributed by atoms with van der Waals surface area (Å²) in [6.07, 6.45) is 0.789. The maximum absolute atomic E-state index is 13.0. The summed E-state index contributed by atoms with van der Waals surface area (Å²) in [6.45, 7) is 8.64. The summed E-state index contributed by atoms with van der Waals surface area (Å²) in [5, 5.41) is 0. The lowest BCUT2D eigenvalue weighted by molar-refractivity contribution is -0.142. The van der Waals surface area contributed by atoms with E-state index >= 15 is 0 Å². The van der Waals surface area contributed by atoms with Crippen LogP contribution in [0.2, 0.25) is 0 Å². The molecule has 132 valence electrons. The lowest BCUT2D eigenvalue weighted by Crippen LogP contribution is -2.52. The molecular formula is C22H28N2O. The molecule has 3 nitrogen and oxygen atoms in total. The van der Waals surface area contributed by atoms with Gasteiger partial charge in [0.1, 0.15) is 0 Å². The number of benzene rings is 2. The average Bonchev–Trinajstić information content (AvgIpc) is 2.63. The molecule has 0 atom stereocenters. The monoisotopic (exact) mass is 336 g/mol. The molecule has 3 heteroatoms. The molecule has 1 heterocycles. The molecule has 1 fully saturated rings. The molecule has 3 rings (SSSR count). The summed E-state index contributed by atoms with van der Waals surface area (Å²) in [5.41, 5.74) is 2.21. The quantitative estimate of drug-likeness (QED) is 0.833. The van der Waals surface area contributed by atoms with E-state index < -0.39 is 0 Å². The van der Waals surface area contributed by atoms with Gasteiger partial charge in [-0.05, 0) is 17.5 Å². The van der Waals surface area contributed by atoms with Crippen LogP contribution in [0.5, 0.6) is 0 Å². The fraction of sp³-hybridized carbons (Fsp3) is 0.409. The number of hydrogen-bond donors (Lipinski definition) is 0. The Labute approximate surface area is 151 Å². The van der Waals surface area contributed by atoms with Gasteiger partial charge >= 0.3 is 0 Å². The molecule has 0 bridgehead atoms. The van der Waals surface area contributed by atoms with Gasteiger partial charge in [0.05, 0.1) is 0 Å². The van der Waals surface area contributed by atoms with Crippen LogP contribution in [0.15, 0.2) is 60.7 Å². The fourth-order valence-electron chi connectivity index (χ4n) is 3.56. The third-order valence-electron chi connectivity index (χ3n) is 4.98. The second-order valence-corrected chi connectivity index (χ2v) is 7.60. The number of piperazine rings is 1. The van der Waals surface area contributed by atoms with Gasteiger partial charge in [-0.25, -0.2) is 0 Å². The summed E-state index contributed by atoms with van der Waals surface area (Å²) in [7, 11) is 0. The van der Waals surface area contributed by atoms with Gasteiger partial charge in [-0.1, -0.05) is 74.5 Å². The van der Waals surface area contributed by atoms with Crippen molar-refractivity contribution in [1.29, 1.82) is 0 Å². The van der Waals surface area contributed by atoms with Crippen molar-refractivity contribution in [3.8, 4) is 0 Å². The summed E-state index contributed by atoms with van der Waals surface area (Å²) in [5.74, 6) is 0.274. The minimum absolute atomic E-state index is 0.274. The molecule has 1 aliphatic rings. The third kappa shape index (κ3) is 4.70. The molecule has 0 radical (unpaired) electrons. The summed E-state index contributed by atoms with van der Waals surface area (Å²) in [6, 6.07) is 20.9. The molecule has 0 saturated carbocycles. The van der Waals surface area contributed by atoms with E-state index in [0.717, 1.165) is 39.1 Å². The van der Waals surface area contributed by atoms with E-state index in [0.29, 0.717) is 0 Å². The minimum atomic E-state index is -0.358. The number of carbonyl (C=O) groups is 1. The van der Waals surface area contributed by atoms with Gasteiger partial charge in [0.2, 0.25) is 5.91 Å². The molecule has 2 aromatic rings. The Kier molecular flexibility index (Phi) is 5.54. The lowest BCUT2D eigenvalue weighted by atomic mass is 9.84. The van der Waals surface area contributed by atoms with Gasteiger partial charge in [0.25, 0.3) is 0 Å². The summed E-state index contributed by atoms with van der Waals surface area (Å²) >= 11 is 0. The van der Waals surface area contributed by atoms with Crippen molar-refractivity contribution in [2.24, 2.45) is 5.41 Å². The first kappa shape index (κ1) is 17.7. The van der Waals surface area contributed by atoms with Gasteiger partial charge in [-0.2, -0.15) is 0 Å². The van der Waals surface area contributed by atoms with Crippen LogP contribution in [0.3, 0.4) is 0 Å². The van der Waals surface area contributed by atoms with Crippen LogP contribution in [-0.4, -0.2) is 41.9 Å². The highest BCUT2D eigenvalue weighted by Gasteiger charge is 2.33. The minimum Gasteiger partial charge on any atom is -0.340 e. The maximum atomic E-state index is 13.0. The second kappa shape index (κ2) is 7.83. The van der Waals surface area contributed by atoms with Crippen molar-refractivity contribution in [2.75, 3.05) is 26.2 Å². The Morgan fingerprint density at radius 3 is 1.92 bits per heavy atom. The van der Waals surface area contributed by atoms with E-state index in [9.17, 15) is 4.79 Å². The fourth-order valence-corrected chi connectivity index (χ4v) is 3.56. The predicted molar refractivity (Wildman–Crippen MR) is 102 cm³/mol. The van der Waals surface area contributed by atoms with Gasteiger partial charge in [-0.15, -0.1) is 0 Å². The molecule has 0 aliphatic carbocycles. The van der Waals surface area contributed by atoms with E-state index in [1.54, 1.807) is 0 Å². The number of hydrogen-bond acceptors (Lipinski definition) is 2. The van der Waals surface area contributed by atoms with Crippen LogP contribution < -0.4 is 0 Å². The number of amides is 1. The molecule has 0 spiro atoms. The highest BCUT2D eigenvalue weighted by Crippen LogP contribution is 2.25. The zero-order valence-electron chi connectivity index (χ0n) is 15.3. The highest BCUT2D eigenvalue weighted by atomic mass is 16.2. The molecule has 2 aromatic carbocycles. The standard InChI is InChI=1S/C22H28N2O/c1-22(2,17-19-9-5-3-6-10-19)21(25)24-15-13-23(14-16-24)18-20-11-7-4-8-12-20/h3-12H,13-18H2,1-2H3. The largest absolute Gasteiger partial charge is 0.340 e. The normalized spacial score (nSPS) is 16.0. The van der Waals surface area contributed by atoms with Crippen LogP contribution in [0.1, 0.15) is 25.0 Å². The van der Waals surface area contributed by atoms with Gasteiger partial charge < -0.3 is 4.90 Å². The molecule has 1 aliphatic heterocycles. The molecule has 1 amide bonds. The first-order valence-corrected chi connectivity index (χ1v) is 9.14. The van der Waals surface area contributed by atoms with Crippen LogP contribution in [0.25, 0.3) is 0 Å². The van der Waals surface area contributed by atoms with Crippen molar-refractivity contribution in [3.05, 3.63) is 71.8 Å². The average molecular weight is 336 g/mol. The summed E-state index contributed by atoms with van der Waals surface area (Å²) in [4.78, 5) is 17.5. The van der Waals surface area contributed by atoms with Crippen LogP contribution >= 0.6 is 0 Å². The van der Waals surface area contributed by atoms with Crippen molar-refractivity contribution in [3.63, 3.8) is 0 Å². The first-order chi connectivity index (χ1) is 12.0. The smallest absolute Gasteiger partial charge is 0.228 e. The zero-order valence-corrected chi connectivity index (χ0v) is 15.3. The molecule has 0 N–H and O–H groups in total. The Hall–Kier alpha value is -2.13. The van der Waals surface area contributed by atoms with Gasteiger partial charge in [-0.3, -0.25) is 9.69 Å². The topological polar surface area (TPSA) is 23.6 Å². The molecular weight excluding hydrogens is 308 g/mol. The van der Waals surface area contributed by atoms with E-state index in [1.807, 2.05) is 23.1 Å². The Morgan fingerprint density at radius 2 is 1.36 bits per heavy atom. The molecule has 25 heavy (non-hydrogen) atoms. The zero-order chi connectivity index (χ0) is 17.7. The van der Waals surface area contributed by atoms with Crippen molar-refractivity contribution >= 4 is 5.91 Å². The SMILES string of the molecule is CC(C)(Cc1ccccc1)C(=O)N1CCN(Cc2ccccc2)CC1. The number of carbonyl (C=O) groups excluding carboxylic acids is 1. The van der Waals surface area contributed by atoms with Gasteiger partial charge in [0, 0.05) is 38.1 Å². The Balaban J connectivity index is 1.54. The number of rotatable bonds is 5. The predicted octanol–water partition coefficient (Wildman–Crippen LogP) is 3.60. The maximum Gasteiger partial charge on any atom is 0.228 e. The van der Waals surface area contributed by atoms with Crippen molar-refractivity contribution in [1.82, 2.24) is 9.80 Å². The third-order valence-corrected chi connectivity index (χ3v) is 4.98. The van der Waals surface area contributed by atoms with Crippen LogP contribution in [0, 0.1) is 5.41 Å². The Bertz CT molecular complexity index is 674. The van der Waals surface area contributed by atoms with Crippen molar-refractivity contribution < 1.29 is 4.79 Å². The lowest BCUT2D eigenvalue weighted by Gasteiger charge is -2.38. The Morgan fingerprint density at radius 1 is 0.840 bits per heavy atom. The molecule has 0 unspecified atom stereocenters. The van der Waals surface area contributed by atoms with E-state index in [4.69, 9.17) is 0 Å². The van der Waals surface area contributed by atoms with Crippen LogP contribution in [-0.2, 0) is 17.8 Å².